The van der Waals surface area contributed by atoms with Crippen LogP contribution in [-0.4, -0.2) is 22.1 Å². The second-order valence-electron chi connectivity index (χ2n) is 7.26. The van der Waals surface area contributed by atoms with Crippen molar-refractivity contribution in [3.05, 3.63) is 45.8 Å². The number of amides is 1. The zero-order valence-corrected chi connectivity index (χ0v) is 17.0. The molecule has 0 saturated heterocycles. The fourth-order valence-electron chi connectivity index (χ4n) is 2.51. The number of hydrogen-bond acceptors (Lipinski definition) is 4. The Bertz CT molecular complexity index is 828. The molecular formula is C20H28N2O3S. The van der Waals surface area contributed by atoms with Crippen LogP contribution in [-0.2, 0) is 18.6 Å². The molecular weight excluding hydrogens is 348 g/mol. The molecule has 2 aromatic rings. The van der Waals surface area contributed by atoms with Gasteiger partial charge in [-0.15, -0.1) is 0 Å². The van der Waals surface area contributed by atoms with Gasteiger partial charge in [0.2, 0.25) is 0 Å². The van der Waals surface area contributed by atoms with Crippen LogP contribution in [0.5, 0.6) is 5.75 Å². The highest BCUT2D eigenvalue weighted by Crippen LogP contribution is 2.22. The number of aliphatic hydroxyl groups is 1. The van der Waals surface area contributed by atoms with Gasteiger partial charge in [0, 0.05) is 17.3 Å². The number of benzene rings is 1. The molecule has 5 nitrogen and oxygen atoms in total. The van der Waals surface area contributed by atoms with Crippen molar-refractivity contribution in [3.8, 4) is 5.75 Å². The average molecular weight is 377 g/mol. The number of carbonyl (C=O) groups is 1. The zero-order chi connectivity index (χ0) is 19.3. The molecule has 0 aliphatic rings. The first kappa shape index (κ1) is 20.4. The van der Waals surface area contributed by atoms with Gasteiger partial charge in [-0.05, 0) is 62.8 Å². The smallest absolute Gasteiger partial charge is 0.282 e. The van der Waals surface area contributed by atoms with E-state index in [1.807, 2.05) is 0 Å². The molecule has 0 spiro atoms. The monoisotopic (exact) mass is 376 g/mol. The van der Waals surface area contributed by atoms with Crippen LogP contribution in [0.1, 0.15) is 62.0 Å². The van der Waals surface area contributed by atoms with E-state index in [4.69, 9.17) is 4.74 Å². The summed E-state index contributed by atoms with van der Waals surface area (Å²) < 4.78 is 8.18. The maximum absolute atomic E-state index is 12.8. The highest BCUT2D eigenvalue weighted by Gasteiger charge is 2.17. The van der Waals surface area contributed by atoms with E-state index >= 15 is 0 Å². The Morgan fingerprint density at radius 2 is 2.08 bits per heavy atom. The highest BCUT2D eigenvalue weighted by atomic mass is 32.1. The van der Waals surface area contributed by atoms with E-state index in [-0.39, 0.29) is 18.1 Å². The van der Waals surface area contributed by atoms with E-state index in [1.54, 1.807) is 18.2 Å². The quantitative estimate of drug-likeness (QED) is 0.832. The van der Waals surface area contributed by atoms with Crippen LogP contribution in [0, 0.1) is 0 Å². The molecule has 142 valence electrons. The Kier molecular flexibility index (Phi) is 6.78. The first-order valence-corrected chi connectivity index (χ1v) is 9.66. The molecule has 1 amide bonds. The topological polar surface area (TPSA) is 63.8 Å². The van der Waals surface area contributed by atoms with Gasteiger partial charge in [0.25, 0.3) is 5.91 Å². The van der Waals surface area contributed by atoms with Gasteiger partial charge in [0.1, 0.15) is 10.4 Å². The minimum atomic E-state index is -0.349. The molecule has 1 heterocycles. The van der Waals surface area contributed by atoms with Crippen LogP contribution >= 0.6 is 11.5 Å². The molecule has 26 heavy (non-hydrogen) atoms. The van der Waals surface area contributed by atoms with Crippen molar-refractivity contribution in [1.82, 2.24) is 3.96 Å². The number of aromatic nitrogens is 1. The van der Waals surface area contributed by atoms with Gasteiger partial charge in [0.05, 0.1) is 19.3 Å². The number of aryl methyl sites for hydroxylation is 1. The standard InChI is InChI=1S/C20H28N2O3S/c1-6-7-8-15-12-22(20(2,3)4)26-19(15)21-18(24)16-11-14(13-23)9-10-17(16)25-5/h9-12,23H,6-8,13H2,1-5H3/b21-19-. The van der Waals surface area contributed by atoms with Crippen molar-refractivity contribution < 1.29 is 14.6 Å². The molecule has 1 aromatic carbocycles. The van der Waals surface area contributed by atoms with Gasteiger partial charge in [0.15, 0.2) is 0 Å². The predicted molar refractivity (Wildman–Crippen MR) is 105 cm³/mol. The van der Waals surface area contributed by atoms with Crippen LogP contribution < -0.4 is 9.41 Å². The summed E-state index contributed by atoms with van der Waals surface area (Å²) in [4.78, 5) is 17.2. The van der Waals surface area contributed by atoms with E-state index in [9.17, 15) is 9.90 Å². The van der Waals surface area contributed by atoms with Crippen molar-refractivity contribution in [1.29, 1.82) is 0 Å². The van der Waals surface area contributed by atoms with Gasteiger partial charge in [-0.1, -0.05) is 19.4 Å². The molecule has 0 aliphatic carbocycles. The summed E-state index contributed by atoms with van der Waals surface area (Å²) in [6, 6.07) is 5.07. The molecule has 0 saturated carbocycles. The zero-order valence-electron chi connectivity index (χ0n) is 16.2. The van der Waals surface area contributed by atoms with Crippen LogP contribution in [0.3, 0.4) is 0 Å². The number of methoxy groups -OCH3 is 1. The fourth-order valence-corrected chi connectivity index (χ4v) is 3.55. The lowest BCUT2D eigenvalue weighted by Crippen LogP contribution is -2.18. The number of aliphatic hydroxyl groups excluding tert-OH is 1. The molecule has 0 atom stereocenters. The van der Waals surface area contributed by atoms with E-state index in [0.717, 1.165) is 29.5 Å². The summed E-state index contributed by atoms with van der Waals surface area (Å²) in [7, 11) is 1.52. The third-order valence-electron chi connectivity index (χ3n) is 4.07. The molecule has 1 aromatic heterocycles. The van der Waals surface area contributed by atoms with Crippen LogP contribution in [0.4, 0.5) is 0 Å². The van der Waals surface area contributed by atoms with E-state index in [0.29, 0.717) is 16.9 Å². The lowest BCUT2D eigenvalue weighted by Gasteiger charge is -2.19. The van der Waals surface area contributed by atoms with Crippen LogP contribution in [0.15, 0.2) is 29.4 Å². The third kappa shape index (κ3) is 4.83. The second-order valence-corrected chi connectivity index (χ2v) is 8.22. The number of hydrogen-bond donors (Lipinski definition) is 1. The van der Waals surface area contributed by atoms with Crippen molar-refractivity contribution in [2.45, 2.75) is 59.1 Å². The third-order valence-corrected chi connectivity index (χ3v) is 5.45. The molecule has 2 rings (SSSR count). The van der Waals surface area contributed by atoms with Crippen LogP contribution in [0.25, 0.3) is 0 Å². The lowest BCUT2D eigenvalue weighted by molar-refractivity contribution is 0.0995. The molecule has 0 unspecified atom stereocenters. The first-order chi connectivity index (χ1) is 12.3. The SMILES string of the molecule is CCCCc1cn(C(C)(C)C)s/c1=N\C(=O)c1cc(CO)ccc1OC. The van der Waals surface area contributed by atoms with Crippen molar-refractivity contribution in [2.24, 2.45) is 4.99 Å². The summed E-state index contributed by atoms with van der Waals surface area (Å²) >= 11 is 1.50. The first-order valence-electron chi connectivity index (χ1n) is 8.89. The minimum absolute atomic E-state index is 0.0586. The van der Waals surface area contributed by atoms with E-state index in [1.165, 1.54) is 18.6 Å². The second kappa shape index (κ2) is 8.64. The van der Waals surface area contributed by atoms with Gasteiger partial charge in [-0.25, -0.2) is 0 Å². The maximum Gasteiger partial charge on any atom is 0.282 e. The van der Waals surface area contributed by atoms with Gasteiger partial charge < -0.3 is 9.84 Å². The molecule has 6 heteroatoms. The van der Waals surface area contributed by atoms with Gasteiger partial charge in [-0.2, -0.15) is 4.99 Å². The predicted octanol–water partition coefficient (Wildman–Crippen LogP) is 3.89. The summed E-state index contributed by atoms with van der Waals surface area (Å²) in [6.45, 7) is 8.41. The Morgan fingerprint density at radius 3 is 2.65 bits per heavy atom. The van der Waals surface area contributed by atoms with Gasteiger partial charge in [-0.3, -0.25) is 8.75 Å². The number of unbranched alkanes of at least 4 members (excludes halogenated alkanes) is 1. The average Bonchev–Trinajstić information content (AvgIpc) is 3.02. The lowest BCUT2D eigenvalue weighted by atomic mass is 10.1. The molecule has 0 aliphatic heterocycles. The summed E-state index contributed by atoms with van der Waals surface area (Å²) in [5.74, 6) is 0.115. The van der Waals surface area contributed by atoms with Crippen molar-refractivity contribution in [3.63, 3.8) is 0 Å². The molecule has 0 radical (unpaired) electrons. The Balaban J connectivity index is 2.51. The number of nitrogens with zero attached hydrogens (tertiary/aromatic N) is 2. The Hall–Kier alpha value is -1.92. The van der Waals surface area contributed by atoms with Crippen LogP contribution in [0.2, 0.25) is 0 Å². The Labute approximate surface area is 159 Å². The summed E-state index contributed by atoms with van der Waals surface area (Å²) in [5.41, 5.74) is 2.07. The number of rotatable bonds is 6. The summed E-state index contributed by atoms with van der Waals surface area (Å²) in [5, 5.41) is 9.35. The molecule has 0 bridgehead atoms. The maximum atomic E-state index is 12.8. The highest BCUT2D eigenvalue weighted by molar-refractivity contribution is 7.04. The molecule has 1 N–H and O–H groups in total. The largest absolute Gasteiger partial charge is 0.496 e. The van der Waals surface area contributed by atoms with E-state index < -0.39 is 0 Å². The Morgan fingerprint density at radius 1 is 1.35 bits per heavy atom. The minimum Gasteiger partial charge on any atom is -0.496 e. The van der Waals surface area contributed by atoms with Crippen molar-refractivity contribution >= 4 is 17.4 Å². The number of ether oxygens (including phenoxy) is 1. The summed E-state index contributed by atoms with van der Waals surface area (Å²) in [6.07, 6.45) is 5.15. The normalized spacial score (nSPS) is 12.5. The van der Waals surface area contributed by atoms with Crippen molar-refractivity contribution in [2.75, 3.05) is 7.11 Å². The van der Waals surface area contributed by atoms with E-state index in [2.05, 4.69) is 42.8 Å². The molecule has 0 fully saturated rings. The number of carbonyl (C=O) groups excluding carboxylic acids is 1. The van der Waals surface area contributed by atoms with Gasteiger partial charge >= 0.3 is 0 Å². The fraction of sp³-hybridized carbons (Fsp3) is 0.500.